The monoisotopic (exact) mass is 433 g/mol. The van der Waals surface area contributed by atoms with Crippen LogP contribution in [0.3, 0.4) is 0 Å². The number of primary amides is 1. The number of fused-ring (bicyclic) bond motifs is 1. The van der Waals surface area contributed by atoms with Crippen LogP contribution in [-0.4, -0.2) is 25.9 Å². The van der Waals surface area contributed by atoms with Crippen molar-refractivity contribution in [2.45, 2.75) is 44.2 Å². The van der Waals surface area contributed by atoms with E-state index in [9.17, 15) is 22.4 Å². The van der Waals surface area contributed by atoms with Crippen LogP contribution in [0.5, 0.6) is 0 Å². The predicted octanol–water partition coefficient (Wildman–Crippen LogP) is 3.71. The van der Waals surface area contributed by atoms with Gasteiger partial charge in [-0.2, -0.15) is 17.9 Å². The zero-order valence-corrected chi connectivity index (χ0v) is 16.4. The molecule has 1 atom stereocenters. The normalized spacial score (nSPS) is 16.2. The lowest BCUT2D eigenvalue weighted by Gasteiger charge is -2.20. The zero-order valence-electron chi connectivity index (χ0n) is 16.4. The number of pyridine rings is 1. The van der Waals surface area contributed by atoms with Crippen LogP contribution in [-0.2, 0) is 23.8 Å². The molecule has 1 amide bonds. The van der Waals surface area contributed by atoms with E-state index in [-0.39, 0.29) is 24.3 Å². The molecule has 2 heterocycles. The van der Waals surface area contributed by atoms with Crippen molar-refractivity contribution in [1.82, 2.24) is 20.0 Å². The number of nitrogens with zero attached hydrogens (tertiary/aromatic N) is 4. The number of rotatable bonds is 5. The van der Waals surface area contributed by atoms with E-state index in [4.69, 9.17) is 5.73 Å². The minimum Gasteiger partial charge on any atom is -0.370 e. The highest BCUT2D eigenvalue weighted by atomic mass is 19.4. The Bertz CT molecular complexity index is 1130. The smallest absolute Gasteiger partial charge is 0.370 e. The fourth-order valence-corrected chi connectivity index (χ4v) is 3.98. The van der Waals surface area contributed by atoms with Gasteiger partial charge in [0.15, 0.2) is 5.82 Å². The van der Waals surface area contributed by atoms with Gasteiger partial charge in [-0.3, -0.25) is 4.79 Å². The lowest BCUT2D eigenvalue weighted by Crippen LogP contribution is -2.19. The molecule has 0 fully saturated rings. The molecule has 1 unspecified atom stereocenters. The first-order valence-corrected chi connectivity index (χ1v) is 9.75. The van der Waals surface area contributed by atoms with Gasteiger partial charge in [-0.15, -0.1) is 5.10 Å². The molecule has 0 radical (unpaired) electrons. The summed E-state index contributed by atoms with van der Waals surface area (Å²) in [5.41, 5.74) is 6.72. The molecule has 2 aromatic heterocycles. The Morgan fingerprint density at radius 3 is 2.74 bits per heavy atom. The van der Waals surface area contributed by atoms with Gasteiger partial charge in [-0.1, -0.05) is 5.21 Å². The van der Waals surface area contributed by atoms with E-state index in [0.29, 0.717) is 23.9 Å². The highest BCUT2D eigenvalue weighted by Gasteiger charge is 2.31. The highest BCUT2D eigenvalue weighted by Crippen LogP contribution is 2.33. The number of benzene rings is 1. The number of hydrogen-bond acceptors (Lipinski definition) is 4. The molecule has 2 N–H and O–H groups in total. The standard InChI is InChI=1S/C21H19F4N5O/c22-16-8-13(7-15(11-16)21(23,24)25)6-12-4-5-27-19(9-12)30-17-3-1-2-14(10-18(26)31)20(17)28-29-30/h4-5,7-9,11,14H,1-3,6,10H2,(H2,26,31). The van der Waals surface area contributed by atoms with E-state index in [2.05, 4.69) is 15.3 Å². The van der Waals surface area contributed by atoms with Crippen LogP contribution < -0.4 is 5.73 Å². The second-order valence-corrected chi connectivity index (χ2v) is 7.64. The average Bonchev–Trinajstić information content (AvgIpc) is 3.12. The van der Waals surface area contributed by atoms with E-state index >= 15 is 0 Å². The first kappa shape index (κ1) is 21.0. The first-order chi connectivity index (χ1) is 14.7. The summed E-state index contributed by atoms with van der Waals surface area (Å²) in [6.45, 7) is 0. The van der Waals surface area contributed by atoms with Crippen LogP contribution in [0.25, 0.3) is 5.82 Å². The molecule has 0 saturated carbocycles. The number of nitrogens with two attached hydrogens (primary N) is 1. The minimum absolute atomic E-state index is 0.0914. The molecule has 3 aromatic rings. The third kappa shape index (κ3) is 4.57. The third-order valence-electron chi connectivity index (χ3n) is 5.31. The predicted molar refractivity (Wildman–Crippen MR) is 103 cm³/mol. The van der Waals surface area contributed by atoms with Gasteiger partial charge in [-0.05, 0) is 67.1 Å². The van der Waals surface area contributed by atoms with Gasteiger partial charge in [0.1, 0.15) is 5.82 Å². The maximum Gasteiger partial charge on any atom is 0.416 e. The molecular weight excluding hydrogens is 414 g/mol. The van der Waals surface area contributed by atoms with Gasteiger partial charge in [-0.25, -0.2) is 9.37 Å². The molecule has 10 heteroatoms. The summed E-state index contributed by atoms with van der Waals surface area (Å²) >= 11 is 0. The summed E-state index contributed by atoms with van der Waals surface area (Å²) < 4.78 is 54.2. The molecular formula is C21H19F4N5O. The van der Waals surface area contributed by atoms with E-state index in [1.807, 2.05) is 0 Å². The number of aromatic nitrogens is 4. The van der Waals surface area contributed by atoms with Gasteiger partial charge < -0.3 is 5.73 Å². The van der Waals surface area contributed by atoms with Crippen LogP contribution in [0.4, 0.5) is 17.6 Å². The van der Waals surface area contributed by atoms with Gasteiger partial charge in [0.2, 0.25) is 5.91 Å². The maximum absolute atomic E-state index is 13.7. The fraction of sp³-hybridized carbons (Fsp3) is 0.333. The number of halogens is 4. The third-order valence-corrected chi connectivity index (χ3v) is 5.31. The summed E-state index contributed by atoms with van der Waals surface area (Å²) in [5, 5.41) is 8.40. The fourth-order valence-electron chi connectivity index (χ4n) is 3.98. The number of carbonyl (C=O) groups excluding carboxylic acids is 1. The Balaban J connectivity index is 1.63. The molecule has 0 bridgehead atoms. The molecule has 0 spiro atoms. The summed E-state index contributed by atoms with van der Waals surface area (Å²) in [4.78, 5) is 15.6. The van der Waals surface area contributed by atoms with Crippen molar-refractivity contribution < 1.29 is 22.4 Å². The molecule has 0 aliphatic heterocycles. The van der Waals surface area contributed by atoms with Crippen LogP contribution in [0.15, 0.2) is 36.5 Å². The maximum atomic E-state index is 13.7. The zero-order chi connectivity index (χ0) is 22.2. The summed E-state index contributed by atoms with van der Waals surface area (Å²) in [5.74, 6) is -0.976. The molecule has 1 aliphatic carbocycles. The van der Waals surface area contributed by atoms with Crippen molar-refractivity contribution in [1.29, 1.82) is 0 Å². The molecule has 31 heavy (non-hydrogen) atoms. The van der Waals surface area contributed by atoms with Crippen LogP contribution >= 0.6 is 0 Å². The summed E-state index contributed by atoms with van der Waals surface area (Å²) in [6.07, 6.45) is -0.460. The number of alkyl halides is 3. The molecule has 6 nitrogen and oxygen atoms in total. The first-order valence-electron chi connectivity index (χ1n) is 9.75. The Morgan fingerprint density at radius 2 is 2.00 bits per heavy atom. The molecule has 1 aromatic carbocycles. The second-order valence-electron chi connectivity index (χ2n) is 7.64. The van der Waals surface area contributed by atoms with Crippen molar-refractivity contribution in [2.24, 2.45) is 5.73 Å². The van der Waals surface area contributed by atoms with Crippen molar-refractivity contribution >= 4 is 5.91 Å². The Kier molecular flexibility index (Phi) is 5.47. The summed E-state index contributed by atoms with van der Waals surface area (Å²) in [6, 6.07) is 5.84. The Morgan fingerprint density at radius 1 is 1.19 bits per heavy atom. The van der Waals surface area contributed by atoms with Gasteiger partial charge in [0.05, 0.1) is 17.0 Å². The van der Waals surface area contributed by atoms with E-state index < -0.39 is 23.5 Å². The minimum atomic E-state index is -4.62. The van der Waals surface area contributed by atoms with Crippen molar-refractivity contribution in [3.05, 3.63) is 70.4 Å². The number of amides is 1. The quantitative estimate of drug-likeness (QED) is 0.622. The van der Waals surface area contributed by atoms with E-state index in [1.54, 1.807) is 16.8 Å². The van der Waals surface area contributed by atoms with Crippen molar-refractivity contribution in [3.8, 4) is 5.82 Å². The average molecular weight is 433 g/mol. The Labute approximate surface area is 175 Å². The number of hydrogen-bond donors (Lipinski definition) is 1. The van der Waals surface area contributed by atoms with Gasteiger partial charge in [0.25, 0.3) is 0 Å². The number of carbonyl (C=O) groups is 1. The summed E-state index contributed by atoms with van der Waals surface area (Å²) in [7, 11) is 0. The van der Waals surface area contributed by atoms with Crippen LogP contribution in [0.1, 0.15) is 53.3 Å². The largest absolute Gasteiger partial charge is 0.416 e. The van der Waals surface area contributed by atoms with E-state index in [1.165, 1.54) is 6.20 Å². The molecule has 0 saturated heterocycles. The Hall–Kier alpha value is -3.30. The molecule has 162 valence electrons. The van der Waals surface area contributed by atoms with Crippen LogP contribution in [0, 0.1) is 5.82 Å². The second kappa shape index (κ2) is 8.09. The van der Waals surface area contributed by atoms with Crippen LogP contribution in [0.2, 0.25) is 0 Å². The van der Waals surface area contributed by atoms with Gasteiger partial charge >= 0.3 is 6.18 Å². The molecule has 1 aliphatic rings. The topological polar surface area (TPSA) is 86.7 Å². The lowest BCUT2D eigenvalue weighted by atomic mass is 9.87. The van der Waals surface area contributed by atoms with Crippen molar-refractivity contribution in [2.75, 3.05) is 0 Å². The molecule has 4 rings (SSSR count). The highest BCUT2D eigenvalue weighted by molar-refractivity contribution is 5.74. The van der Waals surface area contributed by atoms with E-state index in [0.717, 1.165) is 36.4 Å². The van der Waals surface area contributed by atoms with Gasteiger partial charge in [0, 0.05) is 18.5 Å². The van der Waals surface area contributed by atoms with Crippen molar-refractivity contribution in [3.63, 3.8) is 0 Å². The lowest BCUT2D eigenvalue weighted by molar-refractivity contribution is -0.137. The SMILES string of the molecule is NC(=O)CC1CCCc2c1nnn2-c1cc(Cc2cc(F)cc(C(F)(F)F)c2)ccn1.